The molecule has 0 unspecified atom stereocenters. The summed E-state index contributed by atoms with van der Waals surface area (Å²) in [6, 6.07) is 12.2. The summed E-state index contributed by atoms with van der Waals surface area (Å²) < 4.78 is 10.4. The third-order valence-corrected chi connectivity index (χ3v) is 4.10. The summed E-state index contributed by atoms with van der Waals surface area (Å²) in [5.74, 6) is -1.03. The minimum Gasteiger partial charge on any atom is -0.465 e. The molecule has 2 amide bonds. The lowest BCUT2D eigenvalue weighted by Gasteiger charge is -2.31. The number of fused-ring (bicyclic) bond motifs is 1. The molecule has 2 aromatic carbocycles. The Kier molecular flexibility index (Phi) is 7.20. The molecule has 156 valence electrons. The van der Waals surface area contributed by atoms with E-state index in [4.69, 9.17) is 9.47 Å². The topological polar surface area (TPSA) is 84.9 Å². The highest BCUT2D eigenvalue weighted by Crippen LogP contribution is 2.29. The molecule has 1 atom stereocenters. The van der Waals surface area contributed by atoms with E-state index >= 15 is 0 Å². The number of rotatable bonds is 6. The number of hydrogen-bond donors (Lipinski definition) is 1. The first kappa shape index (κ1) is 22.2. The quantitative estimate of drug-likeness (QED) is 0.748. The second-order valence-corrected chi connectivity index (χ2v) is 7.55. The average molecular weight is 400 g/mol. The number of ether oxygens (including phenoxy) is 2. The summed E-state index contributed by atoms with van der Waals surface area (Å²) in [6.07, 6.45) is -0.646. The molecule has 0 bridgehead atoms. The third kappa shape index (κ3) is 5.94. The van der Waals surface area contributed by atoms with Crippen molar-refractivity contribution in [2.24, 2.45) is 0 Å². The van der Waals surface area contributed by atoms with Crippen LogP contribution in [0.2, 0.25) is 0 Å². The van der Waals surface area contributed by atoms with Gasteiger partial charge in [-0.05, 0) is 46.1 Å². The second kappa shape index (κ2) is 9.41. The van der Waals surface area contributed by atoms with E-state index in [1.165, 1.54) is 4.90 Å². The zero-order chi connectivity index (χ0) is 21.6. The first-order valence-corrected chi connectivity index (χ1v) is 9.57. The fourth-order valence-electron chi connectivity index (χ4n) is 2.83. The van der Waals surface area contributed by atoms with Gasteiger partial charge in [-0.25, -0.2) is 4.79 Å². The smallest absolute Gasteiger partial charge is 0.415 e. The van der Waals surface area contributed by atoms with Crippen molar-refractivity contribution in [3.63, 3.8) is 0 Å². The summed E-state index contributed by atoms with van der Waals surface area (Å²) in [5.41, 5.74) is -0.183. The summed E-state index contributed by atoms with van der Waals surface area (Å²) >= 11 is 0. The van der Waals surface area contributed by atoms with E-state index in [2.05, 4.69) is 5.32 Å². The van der Waals surface area contributed by atoms with Crippen LogP contribution in [0.3, 0.4) is 0 Å². The number of carbonyl (C=O) groups excluding carboxylic acids is 3. The fourth-order valence-corrected chi connectivity index (χ4v) is 2.83. The van der Waals surface area contributed by atoms with Crippen molar-refractivity contribution >= 4 is 34.4 Å². The number of carbonyl (C=O) groups is 3. The van der Waals surface area contributed by atoms with Crippen molar-refractivity contribution in [2.45, 2.75) is 46.3 Å². The molecule has 29 heavy (non-hydrogen) atoms. The molecule has 0 heterocycles. The van der Waals surface area contributed by atoms with Gasteiger partial charge in [0.15, 0.2) is 0 Å². The molecule has 0 saturated heterocycles. The molecule has 0 saturated carbocycles. The molecule has 0 aliphatic heterocycles. The standard InChI is InChI=1S/C22H28N2O5/c1-6-28-19(25)14-23-20(26)15(2)24(21(27)29-22(3,4)5)18-13-9-11-16-10-7-8-12-17(16)18/h7-13,15H,6,14H2,1-5H3,(H,23,26)/t15-/m0/s1. The van der Waals surface area contributed by atoms with E-state index in [1.807, 2.05) is 36.4 Å². The maximum atomic E-state index is 13.0. The van der Waals surface area contributed by atoms with Crippen LogP contribution in [0.15, 0.2) is 42.5 Å². The molecular weight excluding hydrogens is 372 g/mol. The lowest BCUT2D eigenvalue weighted by Crippen LogP contribution is -2.50. The van der Waals surface area contributed by atoms with Gasteiger partial charge < -0.3 is 14.8 Å². The SMILES string of the molecule is CCOC(=O)CNC(=O)[C@H](C)N(C(=O)OC(C)(C)C)c1cccc2ccccc12. The molecule has 0 aromatic heterocycles. The van der Waals surface area contributed by atoms with Crippen LogP contribution < -0.4 is 10.2 Å². The molecule has 0 aliphatic rings. The maximum Gasteiger partial charge on any atom is 0.415 e. The predicted molar refractivity (Wildman–Crippen MR) is 112 cm³/mol. The summed E-state index contributed by atoms with van der Waals surface area (Å²) in [7, 11) is 0. The van der Waals surface area contributed by atoms with E-state index in [-0.39, 0.29) is 13.2 Å². The van der Waals surface area contributed by atoms with Gasteiger partial charge in [-0.15, -0.1) is 0 Å². The minimum absolute atomic E-state index is 0.226. The lowest BCUT2D eigenvalue weighted by molar-refractivity contribution is -0.143. The summed E-state index contributed by atoms with van der Waals surface area (Å²) in [6.45, 7) is 8.52. The van der Waals surface area contributed by atoms with Crippen LogP contribution in [0.5, 0.6) is 0 Å². The van der Waals surface area contributed by atoms with Gasteiger partial charge in [-0.2, -0.15) is 0 Å². The third-order valence-electron chi connectivity index (χ3n) is 4.10. The van der Waals surface area contributed by atoms with Crippen molar-refractivity contribution in [3.8, 4) is 0 Å². The molecule has 2 aromatic rings. The van der Waals surface area contributed by atoms with E-state index in [0.29, 0.717) is 5.69 Å². The van der Waals surface area contributed by atoms with E-state index in [0.717, 1.165) is 10.8 Å². The lowest BCUT2D eigenvalue weighted by atomic mass is 10.1. The molecule has 1 N–H and O–H groups in total. The van der Waals surface area contributed by atoms with Gasteiger partial charge in [-0.1, -0.05) is 36.4 Å². The first-order chi connectivity index (χ1) is 13.6. The predicted octanol–water partition coefficient (Wildman–Crippen LogP) is 3.65. The Balaban J connectivity index is 2.38. The maximum absolute atomic E-state index is 13.0. The van der Waals surface area contributed by atoms with Crippen LogP contribution in [-0.4, -0.2) is 42.8 Å². The summed E-state index contributed by atoms with van der Waals surface area (Å²) in [5, 5.41) is 4.26. The molecular formula is C22H28N2O5. The fraction of sp³-hybridized carbons (Fsp3) is 0.409. The highest BCUT2D eigenvalue weighted by molar-refractivity contribution is 6.05. The molecule has 7 nitrogen and oxygen atoms in total. The normalized spacial score (nSPS) is 12.2. The zero-order valence-electron chi connectivity index (χ0n) is 17.5. The molecule has 0 fully saturated rings. The molecule has 0 radical (unpaired) electrons. The zero-order valence-corrected chi connectivity index (χ0v) is 17.5. The molecule has 0 spiro atoms. The van der Waals surface area contributed by atoms with Crippen molar-refractivity contribution in [2.75, 3.05) is 18.1 Å². The van der Waals surface area contributed by atoms with Gasteiger partial charge >= 0.3 is 12.1 Å². The van der Waals surface area contributed by atoms with Crippen molar-refractivity contribution in [1.82, 2.24) is 5.32 Å². The number of nitrogens with one attached hydrogen (secondary N) is 1. The monoisotopic (exact) mass is 400 g/mol. The van der Waals surface area contributed by atoms with Crippen LogP contribution >= 0.6 is 0 Å². The Hall–Kier alpha value is -3.09. The number of hydrogen-bond acceptors (Lipinski definition) is 5. The highest BCUT2D eigenvalue weighted by atomic mass is 16.6. The number of benzene rings is 2. The van der Waals surface area contributed by atoms with Crippen LogP contribution in [-0.2, 0) is 19.1 Å². The van der Waals surface area contributed by atoms with Gasteiger partial charge in [0, 0.05) is 5.39 Å². The molecule has 0 aliphatic carbocycles. The Bertz CT molecular complexity index is 883. The largest absolute Gasteiger partial charge is 0.465 e. The average Bonchev–Trinajstić information content (AvgIpc) is 2.65. The molecule has 7 heteroatoms. The summed E-state index contributed by atoms with van der Waals surface area (Å²) in [4.78, 5) is 38.6. The Morgan fingerprint density at radius 3 is 2.38 bits per heavy atom. The van der Waals surface area contributed by atoms with Gasteiger partial charge in [0.2, 0.25) is 5.91 Å². The van der Waals surface area contributed by atoms with E-state index in [1.54, 1.807) is 40.7 Å². The van der Waals surface area contributed by atoms with Gasteiger partial charge in [-0.3, -0.25) is 14.5 Å². The van der Waals surface area contributed by atoms with E-state index in [9.17, 15) is 14.4 Å². The molecule has 2 rings (SSSR count). The second-order valence-electron chi connectivity index (χ2n) is 7.55. The Labute approximate surface area is 171 Å². The van der Waals surface area contributed by atoms with Crippen LogP contribution in [0.4, 0.5) is 10.5 Å². The first-order valence-electron chi connectivity index (χ1n) is 9.57. The van der Waals surface area contributed by atoms with Crippen LogP contribution in [0, 0.1) is 0 Å². The van der Waals surface area contributed by atoms with Crippen molar-refractivity contribution in [3.05, 3.63) is 42.5 Å². The number of anilines is 1. The van der Waals surface area contributed by atoms with Crippen LogP contribution in [0.1, 0.15) is 34.6 Å². The Morgan fingerprint density at radius 2 is 1.72 bits per heavy atom. The number of nitrogens with zero attached hydrogens (tertiary/aromatic N) is 1. The number of amides is 2. The van der Waals surface area contributed by atoms with Crippen molar-refractivity contribution < 1.29 is 23.9 Å². The van der Waals surface area contributed by atoms with Gasteiger partial charge in [0.25, 0.3) is 0 Å². The van der Waals surface area contributed by atoms with Gasteiger partial charge in [0.1, 0.15) is 18.2 Å². The van der Waals surface area contributed by atoms with Crippen molar-refractivity contribution in [1.29, 1.82) is 0 Å². The van der Waals surface area contributed by atoms with Gasteiger partial charge in [0.05, 0.1) is 12.3 Å². The van der Waals surface area contributed by atoms with Crippen LogP contribution in [0.25, 0.3) is 10.8 Å². The highest BCUT2D eigenvalue weighted by Gasteiger charge is 2.32. The van der Waals surface area contributed by atoms with E-state index < -0.39 is 29.6 Å². The number of esters is 1. The minimum atomic E-state index is -0.912. The Morgan fingerprint density at radius 1 is 1.07 bits per heavy atom.